The van der Waals surface area contributed by atoms with Crippen LogP contribution in [0, 0.1) is 0 Å². The van der Waals surface area contributed by atoms with E-state index in [4.69, 9.17) is 0 Å². The maximum Gasteiger partial charge on any atom is 0.220 e. The van der Waals surface area contributed by atoms with E-state index in [2.05, 4.69) is 33.7 Å². The highest BCUT2D eigenvalue weighted by molar-refractivity contribution is 7.78. The maximum atomic E-state index is 13.0. The number of Topliss-reactive ketones (excluding diaryl/α,β-unsaturated/α-hetero) is 4. The molecule has 7 N–H and O–H groups in total. The molecule has 1 rings (SSSR count). The number of nitrogens with one attached hydrogen (secondary N) is 4. The van der Waals surface area contributed by atoms with E-state index in [1.807, 2.05) is 0 Å². The first-order chi connectivity index (χ1) is 15.6. The van der Waals surface area contributed by atoms with Gasteiger partial charge in [-0.15, -0.1) is 0 Å². The highest BCUT2D eigenvalue weighted by Gasteiger charge is 2.36. The molecule has 1 aromatic rings. The summed E-state index contributed by atoms with van der Waals surface area (Å²) in [7, 11) is 1.43. The molecule has 0 bridgehead atoms. The van der Waals surface area contributed by atoms with Crippen molar-refractivity contribution in [1.82, 2.24) is 20.9 Å². The van der Waals surface area contributed by atoms with Crippen molar-refractivity contribution in [3.8, 4) is 0 Å². The van der Waals surface area contributed by atoms with E-state index in [0.717, 1.165) is 0 Å². The number of hydrazine groups is 1. The molecule has 0 aromatic heterocycles. The molecule has 12 heteroatoms. The molecule has 0 unspecified atom stereocenters. The molecule has 33 heavy (non-hydrogen) atoms. The number of carbonyl (C=O) groups is 4. The summed E-state index contributed by atoms with van der Waals surface area (Å²) in [6.45, 7) is 1.93. The molecule has 0 saturated heterocycles. The molecule has 0 aliphatic heterocycles. The first-order valence-corrected chi connectivity index (χ1v) is 10.8. The first-order valence-electron chi connectivity index (χ1n) is 10.3. The minimum atomic E-state index is -1.48. The van der Waals surface area contributed by atoms with Gasteiger partial charge < -0.3 is 20.6 Å². The van der Waals surface area contributed by atoms with Gasteiger partial charge in [-0.25, -0.2) is 10.9 Å². The zero-order valence-corrected chi connectivity index (χ0v) is 19.6. The van der Waals surface area contributed by atoms with E-state index >= 15 is 0 Å². The van der Waals surface area contributed by atoms with Crippen LogP contribution in [0.2, 0.25) is 0 Å². The number of hydrogen-bond acceptors (Lipinski definition) is 12. The average Bonchev–Trinajstić information content (AvgIpc) is 2.79. The molecule has 0 aliphatic rings. The second-order valence-electron chi connectivity index (χ2n) is 7.58. The minimum absolute atomic E-state index is 0.0424. The van der Waals surface area contributed by atoms with E-state index in [1.165, 1.54) is 20.9 Å². The third-order valence-corrected chi connectivity index (χ3v) is 5.31. The predicted molar refractivity (Wildman–Crippen MR) is 123 cm³/mol. The number of ketones is 4. The van der Waals surface area contributed by atoms with Crippen LogP contribution >= 0.6 is 12.8 Å². The Balaban J connectivity index is 3.12. The van der Waals surface area contributed by atoms with Crippen molar-refractivity contribution < 1.29 is 34.5 Å². The Kier molecular flexibility index (Phi) is 12.5. The summed E-state index contributed by atoms with van der Waals surface area (Å²) >= 11 is 3.69. The Bertz CT molecular complexity index is 803. The molecule has 0 spiro atoms. The molecule has 0 aliphatic carbocycles. The fourth-order valence-electron chi connectivity index (χ4n) is 3.08. The highest BCUT2D eigenvalue weighted by Crippen LogP contribution is 2.07. The molecule has 11 nitrogen and oxygen atoms in total. The van der Waals surface area contributed by atoms with Crippen LogP contribution in [0.15, 0.2) is 30.3 Å². The minimum Gasteiger partial charge on any atom is -0.394 e. The molecule has 1 aromatic carbocycles. The third-order valence-electron chi connectivity index (χ3n) is 4.99. The van der Waals surface area contributed by atoms with Gasteiger partial charge in [0.25, 0.3) is 0 Å². The number of hydrogen-bond donors (Lipinski definition) is 8. The monoisotopic (exact) mass is 484 g/mol. The van der Waals surface area contributed by atoms with Gasteiger partial charge in [0.1, 0.15) is 12.1 Å². The summed E-state index contributed by atoms with van der Waals surface area (Å²) in [4.78, 5) is 50.5. The zero-order chi connectivity index (χ0) is 25.1. The first kappa shape index (κ1) is 29.0. The molecular formula is C21H32N4O7S. The standard InChI is InChI=1S/C21H32N4O7S/c1-11(27)16(22-3)20(31)18(29)14(9-13-7-5-4-6-8-13)23-24-17(12(2)28)21(32)19(30)15(10-26)25-33/h4-8,11-12,14-17,22-28,33H,9-10H2,1-3H3/t11-,12-,14+,15+,16+,17+/m1/s1. The largest absolute Gasteiger partial charge is 0.394 e. The van der Waals surface area contributed by atoms with Crippen LogP contribution in [0.25, 0.3) is 0 Å². The van der Waals surface area contributed by atoms with Gasteiger partial charge in [-0.1, -0.05) is 43.1 Å². The van der Waals surface area contributed by atoms with E-state index in [0.29, 0.717) is 5.56 Å². The Morgan fingerprint density at radius 2 is 1.36 bits per heavy atom. The van der Waals surface area contributed by atoms with Gasteiger partial charge in [-0.3, -0.25) is 23.9 Å². The molecule has 0 amide bonds. The van der Waals surface area contributed by atoms with E-state index < -0.39 is 66.1 Å². The second-order valence-corrected chi connectivity index (χ2v) is 7.84. The Morgan fingerprint density at radius 1 is 0.848 bits per heavy atom. The number of thiol groups is 1. The lowest BCUT2D eigenvalue weighted by atomic mass is 9.95. The summed E-state index contributed by atoms with van der Waals surface area (Å²) in [6, 6.07) is 3.67. The SMILES string of the molecule is CN[C@H](C(=O)C(=O)[C@H](Cc1ccccc1)NN[C@H](C(=O)C(=O)[C@H](CO)NS)[C@@H](C)O)[C@@H](C)O. The number of carbonyl (C=O) groups excluding carboxylic acids is 4. The Hall–Kier alpha value is -2.03. The fourth-order valence-corrected chi connectivity index (χ4v) is 3.28. The van der Waals surface area contributed by atoms with Gasteiger partial charge >= 0.3 is 0 Å². The molecule has 0 heterocycles. The van der Waals surface area contributed by atoms with Crippen LogP contribution in [0.5, 0.6) is 0 Å². The third kappa shape index (κ3) is 8.36. The van der Waals surface area contributed by atoms with Crippen LogP contribution in [-0.2, 0) is 25.6 Å². The van der Waals surface area contributed by atoms with Crippen molar-refractivity contribution in [3.63, 3.8) is 0 Å². The second kappa shape index (κ2) is 14.3. The summed E-state index contributed by atoms with van der Waals surface area (Å²) in [6.07, 6.45) is -2.45. The van der Waals surface area contributed by atoms with Crippen molar-refractivity contribution in [1.29, 1.82) is 0 Å². The lowest BCUT2D eigenvalue weighted by molar-refractivity contribution is -0.142. The maximum absolute atomic E-state index is 13.0. The average molecular weight is 485 g/mol. The number of likely N-dealkylation sites (N-methyl/N-ethyl adjacent to an activating group) is 1. The van der Waals surface area contributed by atoms with E-state index in [1.54, 1.807) is 30.3 Å². The van der Waals surface area contributed by atoms with Crippen molar-refractivity contribution in [2.45, 2.75) is 56.6 Å². The summed E-state index contributed by atoms with van der Waals surface area (Å²) in [5.74, 6) is -3.84. The molecule has 0 radical (unpaired) electrons. The van der Waals surface area contributed by atoms with Crippen molar-refractivity contribution in [3.05, 3.63) is 35.9 Å². The molecular weight excluding hydrogens is 452 g/mol. The zero-order valence-electron chi connectivity index (χ0n) is 18.7. The molecule has 184 valence electrons. The van der Waals surface area contributed by atoms with Gasteiger partial charge in [-0.05, 0) is 32.9 Å². The summed E-state index contributed by atoms with van der Waals surface area (Å²) < 4.78 is 2.20. The quantitative estimate of drug-likeness (QED) is 0.0706. The number of benzene rings is 1. The van der Waals surface area contributed by atoms with Crippen LogP contribution in [0.3, 0.4) is 0 Å². The smallest absolute Gasteiger partial charge is 0.220 e. The van der Waals surface area contributed by atoms with E-state index in [9.17, 15) is 34.5 Å². The number of aliphatic hydroxyl groups is 3. The lowest BCUT2D eigenvalue weighted by Crippen LogP contribution is -2.61. The summed E-state index contributed by atoms with van der Waals surface area (Å²) in [5.41, 5.74) is 5.78. The van der Waals surface area contributed by atoms with Crippen LogP contribution < -0.4 is 20.9 Å². The van der Waals surface area contributed by atoms with Crippen molar-refractivity contribution >= 4 is 35.9 Å². The lowest BCUT2D eigenvalue weighted by Gasteiger charge is -2.26. The molecule has 6 atom stereocenters. The molecule has 0 fully saturated rings. The Labute approximate surface area is 197 Å². The van der Waals surface area contributed by atoms with Crippen molar-refractivity contribution in [2.75, 3.05) is 13.7 Å². The highest BCUT2D eigenvalue weighted by atomic mass is 32.1. The summed E-state index contributed by atoms with van der Waals surface area (Å²) in [5, 5.41) is 31.7. The van der Waals surface area contributed by atoms with Crippen LogP contribution in [0.4, 0.5) is 0 Å². The van der Waals surface area contributed by atoms with Gasteiger partial charge in [0.2, 0.25) is 23.1 Å². The number of rotatable bonds is 16. The number of aliphatic hydroxyl groups excluding tert-OH is 3. The fraction of sp³-hybridized carbons (Fsp3) is 0.524. The van der Waals surface area contributed by atoms with Crippen molar-refractivity contribution in [2.24, 2.45) is 0 Å². The Morgan fingerprint density at radius 3 is 1.82 bits per heavy atom. The predicted octanol–water partition coefficient (Wildman–Crippen LogP) is -2.52. The van der Waals surface area contributed by atoms with Crippen LogP contribution in [-0.4, -0.2) is 88.5 Å². The topological polar surface area (TPSA) is 177 Å². The van der Waals surface area contributed by atoms with E-state index in [-0.39, 0.29) is 6.42 Å². The van der Waals surface area contributed by atoms with Gasteiger partial charge in [0.15, 0.2) is 0 Å². The van der Waals surface area contributed by atoms with Gasteiger partial charge in [0.05, 0.1) is 30.9 Å². The van der Waals surface area contributed by atoms with Gasteiger partial charge in [-0.2, -0.15) is 0 Å². The van der Waals surface area contributed by atoms with Crippen LogP contribution in [0.1, 0.15) is 19.4 Å². The van der Waals surface area contributed by atoms with Gasteiger partial charge in [0, 0.05) is 0 Å². The molecule has 0 saturated carbocycles. The normalized spacial score (nSPS) is 16.8.